The summed E-state index contributed by atoms with van der Waals surface area (Å²) in [6.45, 7) is 2.09. The lowest BCUT2D eigenvalue weighted by atomic mass is 10.2. The molecule has 1 aromatic heterocycles. The first-order chi connectivity index (χ1) is 10.9. The number of nitrogens with zero attached hydrogens (tertiary/aromatic N) is 2. The van der Waals surface area contributed by atoms with Gasteiger partial charge in [0.2, 0.25) is 0 Å². The summed E-state index contributed by atoms with van der Waals surface area (Å²) in [5, 5.41) is 23.9. The molecule has 10 heteroatoms. The van der Waals surface area contributed by atoms with Crippen LogP contribution in [0.15, 0.2) is 30.3 Å². The molecule has 2 rings (SSSR count). The Morgan fingerprint density at radius 2 is 1.96 bits per heavy atom. The van der Waals surface area contributed by atoms with E-state index in [4.69, 9.17) is 4.74 Å². The highest BCUT2D eigenvalue weighted by molar-refractivity contribution is 7.17. The van der Waals surface area contributed by atoms with E-state index in [1.54, 1.807) is 6.92 Å². The molecule has 0 spiro atoms. The molecule has 0 unspecified atom stereocenters. The maximum Gasteiger partial charge on any atom is 0.324 e. The molecule has 23 heavy (non-hydrogen) atoms. The smallest absolute Gasteiger partial charge is 0.324 e. The fourth-order valence-corrected chi connectivity index (χ4v) is 2.47. The van der Waals surface area contributed by atoms with Crippen molar-refractivity contribution in [1.29, 1.82) is 0 Å². The van der Waals surface area contributed by atoms with Crippen molar-refractivity contribution >= 4 is 33.6 Å². The maximum atomic E-state index is 12.1. The molecule has 1 aromatic carbocycles. The van der Waals surface area contributed by atoms with Crippen molar-refractivity contribution in [3.8, 4) is 5.75 Å². The van der Waals surface area contributed by atoms with Crippen molar-refractivity contribution in [1.82, 2.24) is 0 Å². The predicted octanol–water partition coefficient (Wildman–Crippen LogP) is 3.22. The number of ether oxygens (including phenoxy) is 1. The monoisotopic (exact) mass is 337 g/mol. The van der Waals surface area contributed by atoms with Crippen molar-refractivity contribution in [2.24, 2.45) is 0 Å². The van der Waals surface area contributed by atoms with E-state index in [9.17, 15) is 25.0 Å². The Hall–Kier alpha value is -3.01. The largest absolute Gasteiger partial charge is 0.494 e. The van der Waals surface area contributed by atoms with Crippen LogP contribution in [0.3, 0.4) is 0 Å². The quantitative estimate of drug-likeness (QED) is 0.637. The summed E-state index contributed by atoms with van der Waals surface area (Å²) in [6, 6.07) is 6.53. The van der Waals surface area contributed by atoms with Gasteiger partial charge in [0.05, 0.1) is 27.4 Å². The number of nitro groups is 2. The van der Waals surface area contributed by atoms with Crippen LogP contribution in [0.4, 0.5) is 16.4 Å². The van der Waals surface area contributed by atoms with E-state index in [0.717, 1.165) is 0 Å². The lowest BCUT2D eigenvalue weighted by Crippen LogP contribution is -2.11. The Bertz CT molecular complexity index is 773. The Morgan fingerprint density at radius 3 is 2.52 bits per heavy atom. The number of nitrogens with one attached hydrogen (secondary N) is 1. The van der Waals surface area contributed by atoms with Crippen LogP contribution >= 0.6 is 11.3 Å². The highest BCUT2D eigenvalue weighted by atomic mass is 32.1. The lowest BCUT2D eigenvalue weighted by Gasteiger charge is -2.07. The van der Waals surface area contributed by atoms with Crippen molar-refractivity contribution in [3.05, 3.63) is 55.4 Å². The standard InChI is InChI=1S/C13H11N3O6S/c1-2-22-8-3-4-9(10(7-8)15(18)19)14-13(17)11-5-6-12(23-11)16(20)21/h3-7H,2H2,1H3,(H,14,17). The van der Waals surface area contributed by atoms with Gasteiger partial charge in [0.15, 0.2) is 0 Å². The van der Waals surface area contributed by atoms with E-state index in [-0.39, 0.29) is 21.3 Å². The molecular weight excluding hydrogens is 326 g/mol. The summed E-state index contributed by atoms with van der Waals surface area (Å²) < 4.78 is 5.18. The number of nitro benzene ring substituents is 1. The van der Waals surface area contributed by atoms with Gasteiger partial charge in [-0.1, -0.05) is 11.3 Å². The van der Waals surface area contributed by atoms with E-state index < -0.39 is 15.8 Å². The molecule has 0 bridgehead atoms. The van der Waals surface area contributed by atoms with Crippen molar-refractivity contribution in [2.75, 3.05) is 11.9 Å². The normalized spacial score (nSPS) is 10.1. The molecule has 1 amide bonds. The molecule has 0 atom stereocenters. The summed E-state index contributed by atoms with van der Waals surface area (Å²) in [7, 11) is 0. The van der Waals surface area contributed by atoms with Crippen molar-refractivity contribution < 1.29 is 19.4 Å². The summed E-state index contributed by atoms with van der Waals surface area (Å²) in [5.41, 5.74) is -0.338. The maximum absolute atomic E-state index is 12.1. The summed E-state index contributed by atoms with van der Waals surface area (Å²) in [5.74, 6) is -0.348. The van der Waals surface area contributed by atoms with Gasteiger partial charge in [-0.25, -0.2) is 0 Å². The Labute approximate surface area is 133 Å². The topological polar surface area (TPSA) is 125 Å². The minimum atomic E-state index is -0.657. The van der Waals surface area contributed by atoms with Gasteiger partial charge in [-0.05, 0) is 25.1 Å². The third-order valence-electron chi connectivity index (χ3n) is 2.72. The van der Waals surface area contributed by atoms with Crippen LogP contribution in [0.5, 0.6) is 5.75 Å². The molecule has 0 saturated heterocycles. The van der Waals surface area contributed by atoms with Crippen LogP contribution < -0.4 is 10.1 Å². The average molecular weight is 337 g/mol. The Morgan fingerprint density at radius 1 is 1.22 bits per heavy atom. The van der Waals surface area contributed by atoms with E-state index in [1.807, 2.05) is 0 Å². The van der Waals surface area contributed by atoms with Crippen LogP contribution in [0.25, 0.3) is 0 Å². The van der Waals surface area contributed by atoms with Crippen LogP contribution in [0.2, 0.25) is 0 Å². The van der Waals surface area contributed by atoms with Gasteiger partial charge in [-0.3, -0.25) is 25.0 Å². The highest BCUT2D eigenvalue weighted by Gasteiger charge is 2.20. The molecule has 9 nitrogen and oxygen atoms in total. The molecule has 1 N–H and O–H groups in total. The van der Waals surface area contributed by atoms with Crippen molar-refractivity contribution in [3.63, 3.8) is 0 Å². The van der Waals surface area contributed by atoms with E-state index in [0.29, 0.717) is 23.7 Å². The number of hydrogen-bond donors (Lipinski definition) is 1. The molecule has 2 aromatic rings. The molecule has 0 fully saturated rings. The zero-order valence-corrected chi connectivity index (χ0v) is 12.7. The predicted molar refractivity (Wildman–Crippen MR) is 83.2 cm³/mol. The minimum Gasteiger partial charge on any atom is -0.494 e. The zero-order valence-electron chi connectivity index (χ0n) is 11.8. The second kappa shape index (κ2) is 6.83. The van der Waals surface area contributed by atoms with Gasteiger partial charge in [-0.15, -0.1) is 0 Å². The lowest BCUT2D eigenvalue weighted by molar-refractivity contribution is -0.384. The molecule has 0 aliphatic carbocycles. The zero-order chi connectivity index (χ0) is 17.0. The van der Waals surface area contributed by atoms with Crippen LogP contribution in [-0.4, -0.2) is 22.4 Å². The molecule has 1 heterocycles. The van der Waals surface area contributed by atoms with Gasteiger partial charge in [0.25, 0.3) is 11.6 Å². The third kappa shape index (κ3) is 3.80. The number of thiophene rings is 1. The molecule has 0 aliphatic heterocycles. The van der Waals surface area contributed by atoms with Crippen LogP contribution in [0.1, 0.15) is 16.6 Å². The molecule has 120 valence electrons. The number of carbonyl (C=O) groups excluding carboxylic acids is 1. The summed E-state index contributed by atoms with van der Waals surface area (Å²) >= 11 is 0.688. The second-order valence-electron chi connectivity index (χ2n) is 4.22. The molecule has 0 saturated carbocycles. The number of hydrogen-bond acceptors (Lipinski definition) is 7. The number of anilines is 1. The fraction of sp³-hybridized carbons (Fsp3) is 0.154. The van der Waals surface area contributed by atoms with Gasteiger partial charge in [0, 0.05) is 6.07 Å². The first kappa shape index (κ1) is 16.4. The second-order valence-corrected chi connectivity index (χ2v) is 5.28. The number of carbonyl (C=O) groups is 1. The van der Waals surface area contributed by atoms with Gasteiger partial charge in [0.1, 0.15) is 11.4 Å². The number of rotatable bonds is 6. The highest BCUT2D eigenvalue weighted by Crippen LogP contribution is 2.31. The minimum absolute atomic E-state index is 0.0143. The fourth-order valence-electron chi connectivity index (χ4n) is 1.76. The van der Waals surface area contributed by atoms with E-state index in [2.05, 4.69) is 5.32 Å². The van der Waals surface area contributed by atoms with Gasteiger partial charge in [-0.2, -0.15) is 0 Å². The molecule has 0 radical (unpaired) electrons. The summed E-state index contributed by atoms with van der Waals surface area (Å²) in [6.07, 6.45) is 0. The first-order valence-corrected chi connectivity index (χ1v) is 7.21. The summed E-state index contributed by atoms with van der Waals surface area (Å²) in [4.78, 5) is 32.6. The molecular formula is C13H11N3O6S. The van der Waals surface area contributed by atoms with E-state index >= 15 is 0 Å². The average Bonchev–Trinajstić information content (AvgIpc) is 2.99. The van der Waals surface area contributed by atoms with Crippen molar-refractivity contribution in [2.45, 2.75) is 6.92 Å². The Balaban J connectivity index is 2.25. The first-order valence-electron chi connectivity index (χ1n) is 6.39. The number of benzene rings is 1. The number of amides is 1. The van der Waals surface area contributed by atoms with Gasteiger partial charge >= 0.3 is 5.00 Å². The van der Waals surface area contributed by atoms with Crippen LogP contribution in [-0.2, 0) is 0 Å². The van der Waals surface area contributed by atoms with Gasteiger partial charge < -0.3 is 10.1 Å². The SMILES string of the molecule is CCOc1ccc(NC(=O)c2ccc([N+](=O)[O-])s2)c([N+](=O)[O-])c1. The van der Waals surface area contributed by atoms with Crippen LogP contribution in [0, 0.1) is 20.2 Å². The van der Waals surface area contributed by atoms with E-state index in [1.165, 1.54) is 30.3 Å². The third-order valence-corrected chi connectivity index (χ3v) is 3.76. The Kier molecular flexibility index (Phi) is 4.86. The molecule has 0 aliphatic rings.